The van der Waals surface area contributed by atoms with Gasteiger partial charge in [-0.05, 0) is 50.6 Å². The normalized spacial score (nSPS) is 11.4. The summed E-state index contributed by atoms with van der Waals surface area (Å²) in [6, 6.07) is 11.6. The molecular formula is C23H26FN5O2. The number of carbonyl (C=O) groups excluding carboxylic acids is 1. The van der Waals surface area contributed by atoms with Gasteiger partial charge in [0, 0.05) is 35.6 Å². The maximum absolute atomic E-state index is 13.9. The predicted octanol–water partition coefficient (Wildman–Crippen LogP) is 3.89. The van der Waals surface area contributed by atoms with E-state index in [0.29, 0.717) is 23.5 Å². The van der Waals surface area contributed by atoms with E-state index in [1.807, 2.05) is 39.1 Å². The third-order valence-electron chi connectivity index (χ3n) is 5.05. The van der Waals surface area contributed by atoms with E-state index in [-0.39, 0.29) is 11.5 Å². The van der Waals surface area contributed by atoms with E-state index in [2.05, 4.69) is 20.7 Å². The number of guanidine groups is 1. The molecule has 31 heavy (non-hydrogen) atoms. The number of halogens is 1. The SMILES string of the molecule is COc1cccc(NC(=NCc2c(C)nn(C)c2C)NC(=O)c2ccc(C)c(F)c2)c1. The lowest BCUT2D eigenvalue weighted by molar-refractivity contribution is 0.0976. The van der Waals surface area contributed by atoms with Gasteiger partial charge in [-0.3, -0.25) is 14.8 Å². The molecule has 162 valence electrons. The van der Waals surface area contributed by atoms with Gasteiger partial charge in [0.1, 0.15) is 11.6 Å². The van der Waals surface area contributed by atoms with Crippen LogP contribution in [-0.4, -0.2) is 28.8 Å². The van der Waals surface area contributed by atoms with E-state index in [0.717, 1.165) is 17.0 Å². The lowest BCUT2D eigenvalue weighted by Crippen LogP contribution is -2.36. The first kappa shape index (κ1) is 22.0. The molecule has 1 aromatic heterocycles. The fourth-order valence-electron chi connectivity index (χ4n) is 3.07. The number of hydrogen-bond donors (Lipinski definition) is 2. The molecule has 3 aromatic rings. The van der Waals surface area contributed by atoms with Gasteiger partial charge in [-0.1, -0.05) is 12.1 Å². The zero-order chi connectivity index (χ0) is 22.5. The molecule has 2 N–H and O–H groups in total. The summed E-state index contributed by atoms with van der Waals surface area (Å²) in [4.78, 5) is 17.3. The van der Waals surface area contributed by atoms with Crippen LogP contribution in [0.5, 0.6) is 5.75 Å². The van der Waals surface area contributed by atoms with Gasteiger partial charge in [-0.25, -0.2) is 9.38 Å². The second-order valence-corrected chi connectivity index (χ2v) is 7.21. The molecular weight excluding hydrogens is 397 g/mol. The molecule has 0 aliphatic carbocycles. The molecule has 0 spiro atoms. The third-order valence-corrected chi connectivity index (χ3v) is 5.05. The number of rotatable bonds is 5. The fourth-order valence-corrected chi connectivity index (χ4v) is 3.07. The van der Waals surface area contributed by atoms with Crippen molar-refractivity contribution >= 4 is 17.6 Å². The average Bonchev–Trinajstić information content (AvgIpc) is 2.99. The molecule has 7 nitrogen and oxygen atoms in total. The van der Waals surface area contributed by atoms with Crippen LogP contribution in [0.1, 0.15) is 32.9 Å². The first-order valence-electron chi connectivity index (χ1n) is 9.80. The second-order valence-electron chi connectivity index (χ2n) is 7.21. The topological polar surface area (TPSA) is 80.5 Å². The Morgan fingerprint density at radius 3 is 2.61 bits per heavy atom. The van der Waals surface area contributed by atoms with Crippen molar-refractivity contribution < 1.29 is 13.9 Å². The minimum atomic E-state index is -0.465. The van der Waals surface area contributed by atoms with Gasteiger partial charge in [0.2, 0.25) is 5.96 Å². The molecule has 0 fully saturated rings. The van der Waals surface area contributed by atoms with Crippen molar-refractivity contribution in [3.05, 3.63) is 76.4 Å². The maximum atomic E-state index is 13.9. The third kappa shape index (κ3) is 5.28. The Balaban J connectivity index is 1.88. The first-order chi connectivity index (χ1) is 14.8. The summed E-state index contributed by atoms with van der Waals surface area (Å²) in [6.45, 7) is 5.85. The van der Waals surface area contributed by atoms with Crippen molar-refractivity contribution in [2.45, 2.75) is 27.3 Å². The van der Waals surface area contributed by atoms with Crippen LogP contribution in [0.4, 0.5) is 10.1 Å². The Morgan fingerprint density at radius 1 is 1.19 bits per heavy atom. The number of nitrogens with one attached hydrogen (secondary N) is 2. The lowest BCUT2D eigenvalue weighted by Gasteiger charge is -2.13. The second kappa shape index (κ2) is 9.42. The molecule has 1 heterocycles. The summed E-state index contributed by atoms with van der Waals surface area (Å²) < 4.78 is 21.0. The molecule has 0 saturated carbocycles. The van der Waals surface area contributed by atoms with Crippen LogP contribution < -0.4 is 15.4 Å². The number of nitrogens with zero attached hydrogens (tertiary/aromatic N) is 3. The highest BCUT2D eigenvalue weighted by molar-refractivity contribution is 6.10. The highest BCUT2D eigenvalue weighted by Crippen LogP contribution is 2.18. The predicted molar refractivity (Wildman–Crippen MR) is 119 cm³/mol. The van der Waals surface area contributed by atoms with Crippen LogP contribution in [-0.2, 0) is 13.6 Å². The number of aromatic nitrogens is 2. The molecule has 2 aromatic carbocycles. The minimum Gasteiger partial charge on any atom is -0.497 e. The van der Waals surface area contributed by atoms with Crippen molar-refractivity contribution in [2.24, 2.45) is 12.0 Å². The zero-order valence-corrected chi connectivity index (χ0v) is 18.3. The number of methoxy groups -OCH3 is 1. The standard InChI is InChI=1S/C23H26FN5O2/c1-14-9-10-17(11-21(14)24)22(30)27-23(26-18-7-6-8-19(12-18)31-5)25-13-20-15(2)28-29(4)16(20)3/h6-12H,13H2,1-5H3,(H2,25,26,27,30). The largest absolute Gasteiger partial charge is 0.497 e. The van der Waals surface area contributed by atoms with E-state index in [9.17, 15) is 9.18 Å². The van der Waals surface area contributed by atoms with Crippen LogP contribution >= 0.6 is 0 Å². The van der Waals surface area contributed by atoms with Gasteiger partial charge in [-0.15, -0.1) is 0 Å². The smallest absolute Gasteiger partial charge is 0.258 e. The van der Waals surface area contributed by atoms with E-state index in [1.54, 1.807) is 36.9 Å². The number of ether oxygens (including phenoxy) is 1. The molecule has 0 radical (unpaired) electrons. The molecule has 0 saturated heterocycles. The summed E-state index contributed by atoms with van der Waals surface area (Å²) in [5.41, 5.74) is 4.21. The van der Waals surface area contributed by atoms with E-state index in [1.165, 1.54) is 6.07 Å². The average molecular weight is 423 g/mol. The highest BCUT2D eigenvalue weighted by atomic mass is 19.1. The summed E-state index contributed by atoms with van der Waals surface area (Å²) in [7, 11) is 3.45. The molecule has 0 aliphatic heterocycles. The summed E-state index contributed by atoms with van der Waals surface area (Å²) in [5, 5.41) is 10.3. The number of anilines is 1. The van der Waals surface area contributed by atoms with Crippen molar-refractivity contribution in [3.8, 4) is 5.75 Å². The van der Waals surface area contributed by atoms with Crippen LogP contribution in [0.3, 0.4) is 0 Å². The number of carbonyl (C=O) groups is 1. The Kier molecular flexibility index (Phi) is 6.69. The van der Waals surface area contributed by atoms with Crippen molar-refractivity contribution in [2.75, 3.05) is 12.4 Å². The number of amides is 1. The molecule has 0 atom stereocenters. The lowest BCUT2D eigenvalue weighted by atomic mass is 10.1. The van der Waals surface area contributed by atoms with Gasteiger partial charge < -0.3 is 10.1 Å². The number of aliphatic imine (C=N–C) groups is 1. The highest BCUT2D eigenvalue weighted by Gasteiger charge is 2.13. The van der Waals surface area contributed by atoms with Gasteiger partial charge in [0.15, 0.2) is 0 Å². The van der Waals surface area contributed by atoms with Crippen LogP contribution in [0.15, 0.2) is 47.5 Å². The van der Waals surface area contributed by atoms with Crippen LogP contribution in [0, 0.1) is 26.6 Å². The van der Waals surface area contributed by atoms with Crippen molar-refractivity contribution in [1.82, 2.24) is 15.1 Å². The van der Waals surface area contributed by atoms with Gasteiger partial charge >= 0.3 is 0 Å². The van der Waals surface area contributed by atoms with Gasteiger partial charge in [0.05, 0.1) is 19.3 Å². The molecule has 1 amide bonds. The first-order valence-corrected chi connectivity index (χ1v) is 9.80. The molecule has 0 bridgehead atoms. The van der Waals surface area contributed by atoms with E-state index >= 15 is 0 Å². The molecule has 3 rings (SSSR count). The monoisotopic (exact) mass is 423 g/mol. The number of aryl methyl sites for hydroxylation is 3. The van der Waals surface area contributed by atoms with Gasteiger partial charge in [0.25, 0.3) is 5.91 Å². The number of benzene rings is 2. The fraction of sp³-hybridized carbons (Fsp3) is 0.261. The van der Waals surface area contributed by atoms with E-state index < -0.39 is 11.7 Å². The van der Waals surface area contributed by atoms with Gasteiger partial charge in [-0.2, -0.15) is 5.10 Å². The van der Waals surface area contributed by atoms with Crippen LogP contribution in [0.2, 0.25) is 0 Å². The van der Waals surface area contributed by atoms with Crippen molar-refractivity contribution in [3.63, 3.8) is 0 Å². The zero-order valence-electron chi connectivity index (χ0n) is 18.3. The summed E-state index contributed by atoms with van der Waals surface area (Å²) in [5.74, 6) is -0.00157. The Labute approximate surface area is 181 Å². The Bertz CT molecular complexity index is 1140. The van der Waals surface area contributed by atoms with Crippen LogP contribution in [0.25, 0.3) is 0 Å². The molecule has 8 heteroatoms. The molecule has 0 unspecified atom stereocenters. The molecule has 0 aliphatic rings. The maximum Gasteiger partial charge on any atom is 0.258 e. The summed E-state index contributed by atoms with van der Waals surface area (Å²) in [6.07, 6.45) is 0. The Hall–Kier alpha value is -3.68. The van der Waals surface area contributed by atoms with E-state index in [4.69, 9.17) is 4.74 Å². The number of hydrogen-bond acceptors (Lipinski definition) is 4. The minimum absolute atomic E-state index is 0.206. The summed E-state index contributed by atoms with van der Waals surface area (Å²) >= 11 is 0. The Morgan fingerprint density at radius 2 is 1.97 bits per heavy atom. The quantitative estimate of drug-likeness (QED) is 0.482. The van der Waals surface area contributed by atoms with Crippen molar-refractivity contribution in [1.29, 1.82) is 0 Å².